The Hall–Kier alpha value is -4.10. The van der Waals surface area contributed by atoms with Crippen LogP contribution >= 0.6 is 7.60 Å². The van der Waals surface area contributed by atoms with Crippen molar-refractivity contribution >= 4 is 37.1 Å². The lowest BCUT2D eigenvalue weighted by molar-refractivity contribution is -0.145. The lowest BCUT2D eigenvalue weighted by Gasteiger charge is -2.36. The molecule has 260 valence electrons. The predicted molar refractivity (Wildman–Crippen MR) is 177 cm³/mol. The largest absolute Gasteiger partial charge is 0.370 e. The summed E-state index contributed by atoms with van der Waals surface area (Å²) >= 11 is 0. The average molecular weight is 685 g/mol. The molecule has 5 amide bonds. The third kappa shape index (κ3) is 10.7. The Bertz CT molecular complexity index is 1500. The quantitative estimate of drug-likeness (QED) is 0.139. The second kappa shape index (κ2) is 16.8. The predicted octanol–water partition coefficient (Wildman–Crippen LogP) is 0.719. The fraction of sp³-hybridized carbons (Fsp3) is 0.485. The minimum atomic E-state index is -4.21. The maximum atomic E-state index is 13.9. The number of carbonyl (C=O) groups is 5. The minimum absolute atomic E-state index is 0.00520. The van der Waals surface area contributed by atoms with Gasteiger partial charge in [0.1, 0.15) is 18.1 Å². The Morgan fingerprint density at radius 2 is 1.56 bits per heavy atom. The molecule has 5 atom stereocenters. The lowest BCUT2D eigenvalue weighted by atomic mass is 9.98. The standard InChI is InChI=1S/C33H45N6O8P/c34-25(18-21-10-12-23(13-11-21)20-48(45,46)47)30(41)38-27-9-5-4-8-24-14-16-28(39(24)33(27)44)32(43)37-26(15-17-29(35)40)31(42)36-19-22-6-2-1-3-7-22/h1-3,6-7,10-13,24-28H,4-5,8-9,14-20,34H2,(H2,35,40)(H,36,42)(H,37,43)(H,38,41)(H2,45,46,47)/t24?,25-,26-,27-,28-/m0/s1. The maximum Gasteiger partial charge on any atom is 0.329 e. The first kappa shape index (κ1) is 36.7. The number of carbonyl (C=O) groups excluding carboxylic acids is 5. The van der Waals surface area contributed by atoms with E-state index in [1.807, 2.05) is 30.3 Å². The highest BCUT2D eigenvalue weighted by Crippen LogP contribution is 2.39. The number of amides is 5. The van der Waals surface area contributed by atoms with Crippen LogP contribution in [0.5, 0.6) is 0 Å². The summed E-state index contributed by atoms with van der Waals surface area (Å²) in [5, 5.41) is 8.34. The van der Waals surface area contributed by atoms with Crippen LogP contribution in [0, 0.1) is 0 Å². The lowest BCUT2D eigenvalue weighted by Crippen LogP contribution is -2.59. The number of fused-ring (bicyclic) bond motifs is 1. The molecule has 0 aliphatic carbocycles. The summed E-state index contributed by atoms with van der Waals surface area (Å²) in [5.41, 5.74) is 13.5. The van der Waals surface area contributed by atoms with E-state index in [4.69, 9.17) is 11.5 Å². The van der Waals surface area contributed by atoms with Gasteiger partial charge in [-0.15, -0.1) is 0 Å². The molecule has 2 aromatic carbocycles. The van der Waals surface area contributed by atoms with Gasteiger partial charge in [0, 0.05) is 19.0 Å². The van der Waals surface area contributed by atoms with E-state index in [-0.39, 0.29) is 37.8 Å². The zero-order valence-corrected chi connectivity index (χ0v) is 27.6. The van der Waals surface area contributed by atoms with Crippen LogP contribution in [0.3, 0.4) is 0 Å². The molecule has 9 N–H and O–H groups in total. The first-order chi connectivity index (χ1) is 22.8. The van der Waals surface area contributed by atoms with Crippen LogP contribution < -0.4 is 27.4 Å². The molecule has 0 spiro atoms. The molecule has 2 aliphatic rings. The molecule has 48 heavy (non-hydrogen) atoms. The van der Waals surface area contributed by atoms with Crippen LogP contribution in [-0.4, -0.2) is 74.4 Å². The summed E-state index contributed by atoms with van der Waals surface area (Å²) in [4.78, 5) is 85.3. The number of benzene rings is 2. The number of hydrogen-bond acceptors (Lipinski definition) is 7. The smallest absolute Gasteiger partial charge is 0.329 e. The van der Waals surface area contributed by atoms with Crippen molar-refractivity contribution in [3.05, 3.63) is 71.3 Å². The Morgan fingerprint density at radius 3 is 2.23 bits per heavy atom. The molecule has 14 nitrogen and oxygen atoms in total. The first-order valence-corrected chi connectivity index (χ1v) is 18.0. The summed E-state index contributed by atoms with van der Waals surface area (Å²) in [6, 6.07) is 11.7. The molecule has 2 aliphatic heterocycles. The van der Waals surface area contributed by atoms with Gasteiger partial charge >= 0.3 is 7.60 Å². The van der Waals surface area contributed by atoms with Gasteiger partial charge in [-0.1, -0.05) is 67.4 Å². The number of primary amides is 1. The fourth-order valence-corrected chi connectivity index (χ4v) is 6.99. The minimum Gasteiger partial charge on any atom is -0.370 e. The van der Waals surface area contributed by atoms with E-state index in [9.17, 15) is 38.3 Å². The maximum absolute atomic E-state index is 13.9. The van der Waals surface area contributed by atoms with E-state index >= 15 is 0 Å². The first-order valence-electron chi connectivity index (χ1n) is 16.2. The third-order valence-corrected chi connectivity index (χ3v) is 9.56. The molecule has 2 heterocycles. The Balaban J connectivity index is 1.40. The summed E-state index contributed by atoms with van der Waals surface area (Å²) in [6.45, 7) is 0.226. The third-order valence-electron chi connectivity index (χ3n) is 8.78. The SMILES string of the molecule is NC(=O)CC[C@H](NC(=O)[C@@H]1CCC2CCCC[C@H](NC(=O)[C@@H](N)Cc3ccc(CP(=O)(O)O)cc3)C(=O)N21)C(=O)NCc1ccccc1. The van der Waals surface area contributed by atoms with Crippen LogP contribution in [0.15, 0.2) is 54.6 Å². The average Bonchev–Trinajstić information content (AvgIpc) is 3.46. The van der Waals surface area contributed by atoms with Crippen LogP contribution in [0.4, 0.5) is 0 Å². The van der Waals surface area contributed by atoms with Crippen molar-refractivity contribution in [1.29, 1.82) is 0 Å². The van der Waals surface area contributed by atoms with Gasteiger partial charge in [0.15, 0.2) is 0 Å². The van der Waals surface area contributed by atoms with Gasteiger partial charge in [0.05, 0.1) is 12.2 Å². The van der Waals surface area contributed by atoms with Gasteiger partial charge < -0.3 is 42.1 Å². The fourth-order valence-electron chi connectivity index (χ4n) is 6.30. The number of nitrogens with two attached hydrogens (primary N) is 2. The zero-order chi connectivity index (χ0) is 34.8. The van der Waals surface area contributed by atoms with Crippen molar-refractivity contribution in [1.82, 2.24) is 20.9 Å². The van der Waals surface area contributed by atoms with Gasteiger partial charge in [0.25, 0.3) is 0 Å². The Labute approximate surface area is 279 Å². The van der Waals surface area contributed by atoms with E-state index in [0.29, 0.717) is 43.2 Å². The topological polar surface area (TPSA) is 234 Å². The van der Waals surface area contributed by atoms with E-state index in [1.165, 1.54) is 4.90 Å². The zero-order valence-electron chi connectivity index (χ0n) is 26.8. The van der Waals surface area contributed by atoms with Crippen molar-refractivity contribution in [2.45, 2.75) is 101 Å². The molecular weight excluding hydrogens is 639 g/mol. The summed E-state index contributed by atoms with van der Waals surface area (Å²) < 4.78 is 11.3. The highest BCUT2D eigenvalue weighted by molar-refractivity contribution is 7.50. The number of nitrogens with zero attached hydrogens (tertiary/aromatic N) is 1. The molecule has 0 radical (unpaired) electrons. The van der Waals surface area contributed by atoms with Gasteiger partial charge in [-0.3, -0.25) is 28.5 Å². The summed E-state index contributed by atoms with van der Waals surface area (Å²) in [7, 11) is -4.21. The molecule has 15 heteroatoms. The number of nitrogens with one attached hydrogen (secondary N) is 3. The number of rotatable bonds is 14. The molecule has 2 saturated heterocycles. The molecule has 2 aromatic rings. The van der Waals surface area contributed by atoms with Crippen molar-refractivity contribution < 1.29 is 38.3 Å². The monoisotopic (exact) mass is 684 g/mol. The molecular formula is C33H45N6O8P. The Kier molecular flexibility index (Phi) is 12.9. The normalized spacial score (nSPS) is 20.9. The molecule has 0 bridgehead atoms. The summed E-state index contributed by atoms with van der Waals surface area (Å²) in [5.74, 6) is -2.52. The Morgan fingerprint density at radius 1 is 0.896 bits per heavy atom. The van der Waals surface area contributed by atoms with Gasteiger partial charge in [-0.05, 0) is 55.2 Å². The van der Waals surface area contributed by atoms with Gasteiger partial charge in [0.2, 0.25) is 29.5 Å². The highest BCUT2D eigenvalue weighted by atomic mass is 31.2. The molecule has 2 fully saturated rings. The van der Waals surface area contributed by atoms with E-state index in [0.717, 1.165) is 12.0 Å². The molecule has 0 saturated carbocycles. The van der Waals surface area contributed by atoms with E-state index < -0.39 is 61.6 Å². The van der Waals surface area contributed by atoms with Gasteiger partial charge in [-0.2, -0.15) is 0 Å². The van der Waals surface area contributed by atoms with Crippen LogP contribution in [0.2, 0.25) is 0 Å². The van der Waals surface area contributed by atoms with Crippen molar-refractivity contribution in [3.63, 3.8) is 0 Å². The number of hydrogen-bond donors (Lipinski definition) is 7. The van der Waals surface area contributed by atoms with Crippen molar-refractivity contribution in [2.24, 2.45) is 11.5 Å². The highest BCUT2D eigenvalue weighted by Gasteiger charge is 2.44. The van der Waals surface area contributed by atoms with Crippen LogP contribution in [0.25, 0.3) is 0 Å². The van der Waals surface area contributed by atoms with Gasteiger partial charge in [-0.25, -0.2) is 0 Å². The van der Waals surface area contributed by atoms with Crippen LogP contribution in [-0.2, 0) is 47.7 Å². The second-order valence-corrected chi connectivity index (χ2v) is 14.2. The van der Waals surface area contributed by atoms with Crippen LogP contribution in [0.1, 0.15) is 68.1 Å². The van der Waals surface area contributed by atoms with Crippen molar-refractivity contribution in [2.75, 3.05) is 0 Å². The van der Waals surface area contributed by atoms with E-state index in [1.54, 1.807) is 24.3 Å². The molecule has 4 rings (SSSR count). The molecule has 0 aromatic heterocycles. The second-order valence-electron chi connectivity index (χ2n) is 12.6. The summed E-state index contributed by atoms with van der Waals surface area (Å²) in [6.07, 6.45) is 3.17. The van der Waals surface area contributed by atoms with Crippen molar-refractivity contribution in [3.8, 4) is 0 Å². The molecule has 1 unspecified atom stereocenters. The van der Waals surface area contributed by atoms with E-state index in [2.05, 4.69) is 16.0 Å².